The first kappa shape index (κ1) is 16.0. The zero-order valence-corrected chi connectivity index (χ0v) is 14.7. The van der Waals surface area contributed by atoms with Gasteiger partial charge in [0.25, 0.3) is 0 Å². The first-order valence-corrected chi connectivity index (χ1v) is 9.45. The Kier molecular flexibility index (Phi) is 4.33. The van der Waals surface area contributed by atoms with Crippen molar-refractivity contribution in [3.8, 4) is 0 Å². The maximum Gasteiger partial charge on any atom is 0.228 e. The van der Waals surface area contributed by atoms with Crippen LogP contribution in [0.5, 0.6) is 0 Å². The fourth-order valence-corrected chi connectivity index (χ4v) is 4.33. The van der Waals surface area contributed by atoms with Crippen molar-refractivity contribution < 1.29 is 9.18 Å². The van der Waals surface area contributed by atoms with Crippen molar-refractivity contribution in [3.05, 3.63) is 70.9 Å². The highest BCUT2D eigenvalue weighted by Crippen LogP contribution is 2.28. The molecule has 1 amide bonds. The number of carbonyl (C=O) groups excluding carboxylic acids is 1. The normalized spacial score (nSPS) is 12.4. The van der Waals surface area contributed by atoms with Crippen LogP contribution >= 0.6 is 22.7 Å². The number of aromatic nitrogens is 2. The van der Waals surface area contributed by atoms with Crippen LogP contribution in [0.2, 0.25) is 0 Å². The molecule has 4 aromatic rings. The molecule has 25 heavy (non-hydrogen) atoms. The Morgan fingerprint density at radius 2 is 2.12 bits per heavy atom. The van der Waals surface area contributed by atoms with Gasteiger partial charge in [0.15, 0.2) is 5.13 Å². The van der Waals surface area contributed by atoms with E-state index in [-0.39, 0.29) is 17.8 Å². The van der Waals surface area contributed by atoms with E-state index in [9.17, 15) is 9.18 Å². The molecule has 1 aromatic carbocycles. The number of halogens is 1. The van der Waals surface area contributed by atoms with Crippen LogP contribution in [-0.4, -0.2) is 15.5 Å². The number of carbonyl (C=O) groups is 1. The number of nitrogens with zero attached hydrogens (tertiary/aromatic N) is 2. The van der Waals surface area contributed by atoms with Crippen LogP contribution in [0.1, 0.15) is 18.0 Å². The molecule has 4 nitrogen and oxygen atoms in total. The van der Waals surface area contributed by atoms with Crippen LogP contribution in [0, 0.1) is 5.82 Å². The van der Waals surface area contributed by atoms with Crippen LogP contribution in [0.25, 0.3) is 10.2 Å². The van der Waals surface area contributed by atoms with Gasteiger partial charge in [-0.05, 0) is 52.7 Å². The summed E-state index contributed by atoms with van der Waals surface area (Å²) in [7, 11) is 0. The van der Waals surface area contributed by atoms with Crippen molar-refractivity contribution in [1.29, 1.82) is 0 Å². The number of fused-ring (bicyclic) bond motifs is 1. The van der Waals surface area contributed by atoms with E-state index in [0.29, 0.717) is 17.1 Å². The fraction of sp³-hybridized carbons (Fsp3) is 0.111. The molecule has 3 aromatic heterocycles. The van der Waals surface area contributed by atoms with Crippen LogP contribution in [0.4, 0.5) is 9.52 Å². The second-order valence-electron chi connectivity index (χ2n) is 5.59. The molecule has 0 unspecified atom stereocenters. The standard InChI is InChI=1S/C18H14FN3OS2/c19-13-3-4-14-16(9-13)25-18(20-14)21-17(23)10-15(12-5-8-24-11-12)22-6-1-2-7-22/h1-9,11,15H,10H2,(H,20,21,23)/t15-/m1/s1. The van der Waals surface area contributed by atoms with E-state index in [2.05, 4.69) is 15.7 Å². The minimum Gasteiger partial charge on any atom is -0.346 e. The lowest BCUT2D eigenvalue weighted by molar-refractivity contribution is -0.116. The van der Waals surface area contributed by atoms with Crippen molar-refractivity contribution in [2.45, 2.75) is 12.5 Å². The second kappa shape index (κ2) is 6.78. The molecule has 0 saturated carbocycles. The Bertz CT molecular complexity index is 959. The third-order valence-corrected chi connectivity index (χ3v) is 5.53. The lowest BCUT2D eigenvalue weighted by Crippen LogP contribution is -2.19. The Hall–Kier alpha value is -2.51. The Morgan fingerprint density at radius 1 is 1.28 bits per heavy atom. The summed E-state index contributed by atoms with van der Waals surface area (Å²) in [5, 5.41) is 7.39. The van der Waals surface area contributed by atoms with Gasteiger partial charge in [0, 0.05) is 12.4 Å². The number of hydrogen-bond donors (Lipinski definition) is 1. The maximum atomic E-state index is 13.3. The number of hydrogen-bond acceptors (Lipinski definition) is 4. The molecule has 0 radical (unpaired) electrons. The molecule has 1 N–H and O–H groups in total. The zero-order valence-electron chi connectivity index (χ0n) is 13.1. The summed E-state index contributed by atoms with van der Waals surface area (Å²) in [4.78, 5) is 16.9. The molecule has 0 aliphatic carbocycles. The molecule has 126 valence electrons. The predicted octanol–water partition coefficient (Wildman–Crippen LogP) is 4.92. The van der Waals surface area contributed by atoms with E-state index < -0.39 is 0 Å². The summed E-state index contributed by atoms with van der Waals surface area (Å²) < 4.78 is 16.0. The lowest BCUT2D eigenvalue weighted by atomic mass is 10.1. The summed E-state index contributed by atoms with van der Waals surface area (Å²) in [5.74, 6) is -0.427. The number of anilines is 1. The lowest BCUT2D eigenvalue weighted by Gasteiger charge is -2.17. The molecule has 0 aliphatic heterocycles. The number of benzene rings is 1. The summed E-state index contributed by atoms with van der Waals surface area (Å²) in [6.07, 6.45) is 4.21. The van der Waals surface area contributed by atoms with Gasteiger partial charge in [-0.3, -0.25) is 4.79 Å². The predicted molar refractivity (Wildman–Crippen MR) is 99.7 cm³/mol. The van der Waals surface area contributed by atoms with Gasteiger partial charge >= 0.3 is 0 Å². The first-order chi connectivity index (χ1) is 12.2. The van der Waals surface area contributed by atoms with E-state index in [1.807, 2.05) is 40.5 Å². The van der Waals surface area contributed by atoms with Crippen molar-refractivity contribution in [2.24, 2.45) is 0 Å². The van der Waals surface area contributed by atoms with Gasteiger partial charge in [0.1, 0.15) is 5.82 Å². The number of rotatable bonds is 5. The largest absolute Gasteiger partial charge is 0.346 e. The van der Waals surface area contributed by atoms with Crippen molar-refractivity contribution in [1.82, 2.24) is 9.55 Å². The van der Waals surface area contributed by atoms with Gasteiger partial charge in [0.2, 0.25) is 5.91 Å². The second-order valence-corrected chi connectivity index (χ2v) is 7.40. The number of thiophene rings is 1. The Labute approximate surface area is 151 Å². The molecule has 1 atom stereocenters. The Balaban J connectivity index is 1.53. The molecular weight excluding hydrogens is 357 g/mol. The van der Waals surface area contributed by atoms with E-state index in [1.54, 1.807) is 17.4 Å². The van der Waals surface area contributed by atoms with Gasteiger partial charge < -0.3 is 9.88 Å². The molecule has 0 saturated heterocycles. The Morgan fingerprint density at radius 3 is 2.88 bits per heavy atom. The average molecular weight is 371 g/mol. The summed E-state index contributed by atoms with van der Waals surface area (Å²) in [5.41, 5.74) is 1.78. The molecule has 0 bridgehead atoms. The van der Waals surface area contributed by atoms with Crippen LogP contribution in [0.15, 0.2) is 59.6 Å². The zero-order chi connectivity index (χ0) is 17.2. The van der Waals surface area contributed by atoms with Crippen LogP contribution in [-0.2, 0) is 4.79 Å². The van der Waals surface area contributed by atoms with Crippen molar-refractivity contribution in [3.63, 3.8) is 0 Å². The summed E-state index contributed by atoms with van der Waals surface area (Å²) in [6, 6.07) is 10.3. The first-order valence-electron chi connectivity index (χ1n) is 7.69. The van der Waals surface area contributed by atoms with Gasteiger partial charge in [-0.25, -0.2) is 9.37 Å². The van der Waals surface area contributed by atoms with Gasteiger partial charge in [0.05, 0.1) is 22.7 Å². The summed E-state index contributed by atoms with van der Waals surface area (Å²) in [6.45, 7) is 0. The minimum absolute atomic E-state index is 0.0620. The third-order valence-electron chi connectivity index (χ3n) is 3.89. The van der Waals surface area contributed by atoms with Gasteiger partial charge in [-0.1, -0.05) is 11.3 Å². The number of thiazole rings is 1. The molecule has 4 rings (SSSR count). The van der Waals surface area contributed by atoms with E-state index in [1.165, 1.54) is 23.5 Å². The molecular formula is C18H14FN3OS2. The van der Waals surface area contributed by atoms with Gasteiger partial charge in [-0.2, -0.15) is 11.3 Å². The number of nitrogens with one attached hydrogen (secondary N) is 1. The average Bonchev–Trinajstić information content (AvgIpc) is 3.33. The van der Waals surface area contributed by atoms with Crippen LogP contribution in [0.3, 0.4) is 0 Å². The molecule has 7 heteroatoms. The molecule has 0 spiro atoms. The fourth-order valence-electron chi connectivity index (χ4n) is 2.71. The highest BCUT2D eigenvalue weighted by Gasteiger charge is 2.19. The highest BCUT2D eigenvalue weighted by molar-refractivity contribution is 7.22. The molecule has 0 aliphatic rings. The molecule has 0 fully saturated rings. The van der Waals surface area contributed by atoms with E-state index in [4.69, 9.17) is 0 Å². The van der Waals surface area contributed by atoms with Gasteiger partial charge in [-0.15, -0.1) is 0 Å². The van der Waals surface area contributed by atoms with E-state index >= 15 is 0 Å². The van der Waals surface area contributed by atoms with Crippen molar-refractivity contribution >= 4 is 43.9 Å². The highest BCUT2D eigenvalue weighted by atomic mass is 32.1. The quantitative estimate of drug-likeness (QED) is 0.541. The SMILES string of the molecule is O=C(C[C@H](c1ccsc1)n1cccc1)Nc1nc2ccc(F)cc2s1. The van der Waals surface area contributed by atoms with Crippen LogP contribution < -0.4 is 5.32 Å². The van der Waals surface area contributed by atoms with E-state index in [0.717, 1.165) is 10.3 Å². The molecule has 3 heterocycles. The maximum absolute atomic E-state index is 13.3. The number of amides is 1. The third kappa shape index (κ3) is 3.47. The monoisotopic (exact) mass is 371 g/mol. The topological polar surface area (TPSA) is 46.9 Å². The summed E-state index contributed by atoms with van der Waals surface area (Å²) >= 11 is 2.88. The minimum atomic E-state index is -0.306. The van der Waals surface area contributed by atoms with Crippen molar-refractivity contribution in [2.75, 3.05) is 5.32 Å². The smallest absolute Gasteiger partial charge is 0.228 e.